The van der Waals surface area contributed by atoms with Crippen molar-refractivity contribution < 1.29 is 18.0 Å². The molecule has 1 aliphatic rings. The van der Waals surface area contributed by atoms with Gasteiger partial charge in [-0.1, -0.05) is 6.92 Å². The smallest absolute Gasteiger partial charge is 0.272 e. The molecule has 1 saturated heterocycles. The molecule has 144 valence electrons. The number of carbonyl (C=O) groups is 1. The van der Waals surface area contributed by atoms with Gasteiger partial charge in [0.1, 0.15) is 17.3 Å². The minimum Gasteiger partial charge on any atom is -0.338 e. The number of hydrogen-bond donors (Lipinski definition) is 1. The summed E-state index contributed by atoms with van der Waals surface area (Å²) in [7, 11) is 0. The summed E-state index contributed by atoms with van der Waals surface area (Å²) >= 11 is 0. The Morgan fingerprint density at radius 2 is 1.81 bits per heavy atom. The third-order valence-corrected chi connectivity index (χ3v) is 4.46. The quantitative estimate of drug-likeness (QED) is 0.828. The second-order valence-electron chi connectivity index (χ2n) is 6.26. The lowest BCUT2D eigenvalue weighted by Gasteiger charge is -2.33. The lowest BCUT2D eigenvalue weighted by Crippen LogP contribution is -2.48. The van der Waals surface area contributed by atoms with Gasteiger partial charge in [-0.05, 0) is 25.6 Å². The van der Waals surface area contributed by atoms with Gasteiger partial charge in [0.05, 0.1) is 5.69 Å². The average molecular weight is 379 g/mol. The molecular weight excluding hydrogens is 359 g/mol. The Morgan fingerprint density at radius 3 is 2.48 bits per heavy atom. The zero-order chi connectivity index (χ0) is 19.6. The molecule has 0 radical (unpaired) electrons. The summed E-state index contributed by atoms with van der Waals surface area (Å²) in [6.45, 7) is 7.36. The van der Waals surface area contributed by atoms with Crippen LogP contribution in [0.25, 0.3) is 0 Å². The van der Waals surface area contributed by atoms with Gasteiger partial charge in [-0.25, -0.2) is 23.1 Å². The van der Waals surface area contributed by atoms with E-state index in [2.05, 4.69) is 27.1 Å². The summed E-state index contributed by atoms with van der Waals surface area (Å²) in [6.07, 6.45) is 0. The number of benzene rings is 1. The number of aryl methyl sites for hydroxylation is 1. The Morgan fingerprint density at radius 1 is 1.11 bits per heavy atom. The van der Waals surface area contributed by atoms with Crippen LogP contribution in [0, 0.1) is 24.4 Å². The van der Waals surface area contributed by atoms with E-state index in [9.17, 15) is 18.0 Å². The molecule has 1 aromatic carbocycles. The Labute approximate surface area is 155 Å². The maximum absolute atomic E-state index is 13.9. The van der Waals surface area contributed by atoms with Gasteiger partial charge in [-0.2, -0.15) is 0 Å². The van der Waals surface area contributed by atoms with Gasteiger partial charge in [0, 0.05) is 32.2 Å². The first-order chi connectivity index (χ1) is 12.9. The molecule has 1 amide bonds. The zero-order valence-corrected chi connectivity index (χ0v) is 15.1. The fourth-order valence-corrected chi connectivity index (χ4v) is 2.93. The van der Waals surface area contributed by atoms with Crippen LogP contribution in [0.5, 0.6) is 0 Å². The fraction of sp³-hybridized carbons (Fsp3) is 0.389. The molecule has 27 heavy (non-hydrogen) atoms. The van der Waals surface area contributed by atoms with Crippen LogP contribution >= 0.6 is 0 Å². The molecule has 1 aromatic heterocycles. The Balaban J connectivity index is 1.80. The highest BCUT2D eigenvalue weighted by Gasteiger charge is 2.23. The van der Waals surface area contributed by atoms with Crippen LogP contribution in [0.4, 0.5) is 24.7 Å². The van der Waals surface area contributed by atoms with E-state index in [-0.39, 0.29) is 23.1 Å². The van der Waals surface area contributed by atoms with Crippen LogP contribution in [0.2, 0.25) is 0 Å². The SMILES string of the molecule is CCN1CCN(C(=O)c2cc(Nc3ccc(F)c(F)c3F)nc(C)n2)CC1. The van der Waals surface area contributed by atoms with Gasteiger partial charge < -0.3 is 15.1 Å². The van der Waals surface area contributed by atoms with Crippen molar-refractivity contribution in [2.45, 2.75) is 13.8 Å². The lowest BCUT2D eigenvalue weighted by molar-refractivity contribution is 0.0637. The third-order valence-electron chi connectivity index (χ3n) is 4.46. The monoisotopic (exact) mass is 379 g/mol. The van der Waals surface area contributed by atoms with Crippen molar-refractivity contribution in [3.8, 4) is 0 Å². The van der Waals surface area contributed by atoms with E-state index >= 15 is 0 Å². The molecule has 0 spiro atoms. The van der Waals surface area contributed by atoms with Crippen LogP contribution in [-0.4, -0.2) is 58.4 Å². The summed E-state index contributed by atoms with van der Waals surface area (Å²) in [5, 5.41) is 2.58. The predicted molar refractivity (Wildman–Crippen MR) is 94.4 cm³/mol. The number of anilines is 2. The molecule has 1 fully saturated rings. The molecule has 0 unspecified atom stereocenters. The van der Waals surface area contributed by atoms with Gasteiger partial charge >= 0.3 is 0 Å². The van der Waals surface area contributed by atoms with Crippen molar-refractivity contribution >= 4 is 17.4 Å². The van der Waals surface area contributed by atoms with Gasteiger partial charge in [0.25, 0.3) is 5.91 Å². The molecule has 3 rings (SSSR count). The highest BCUT2D eigenvalue weighted by Crippen LogP contribution is 2.23. The topological polar surface area (TPSA) is 61.4 Å². The van der Waals surface area contributed by atoms with Gasteiger partial charge in [-0.15, -0.1) is 0 Å². The number of nitrogens with zero attached hydrogens (tertiary/aromatic N) is 4. The Kier molecular flexibility index (Phi) is 5.59. The van der Waals surface area contributed by atoms with Crippen LogP contribution in [0.1, 0.15) is 23.2 Å². The number of aromatic nitrogens is 2. The molecule has 0 atom stereocenters. The van der Waals surface area contributed by atoms with Crippen molar-refractivity contribution in [3.05, 3.63) is 47.2 Å². The van der Waals surface area contributed by atoms with Crippen LogP contribution in [0.3, 0.4) is 0 Å². The van der Waals surface area contributed by atoms with Crippen LogP contribution < -0.4 is 5.32 Å². The molecule has 1 N–H and O–H groups in total. The second-order valence-corrected chi connectivity index (χ2v) is 6.26. The third kappa shape index (κ3) is 4.19. The number of likely N-dealkylation sites (N-methyl/N-ethyl adjacent to an activating group) is 1. The molecular formula is C18H20F3N5O. The first-order valence-corrected chi connectivity index (χ1v) is 8.67. The number of rotatable bonds is 4. The maximum Gasteiger partial charge on any atom is 0.272 e. The fourth-order valence-electron chi connectivity index (χ4n) is 2.93. The molecule has 2 heterocycles. The average Bonchev–Trinajstić information content (AvgIpc) is 2.67. The molecule has 6 nitrogen and oxygen atoms in total. The highest BCUT2D eigenvalue weighted by atomic mass is 19.2. The zero-order valence-electron chi connectivity index (χ0n) is 15.1. The predicted octanol–water partition coefficient (Wildman–Crippen LogP) is 2.72. The van der Waals surface area contributed by atoms with E-state index in [1.807, 2.05) is 0 Å². The summed E-state index contributed by atoms with van der Waals surface area (Å²) in [5.41, 5.74) is -0.111. The van der Waals surface area contributed by atoms with Crippen molar-refractivity contribution in [3.63, 3.8) is 0 Å². The van der Waals surface area contributed by atoms with E-state index in [1.54, 1.807) is 11.8 Å². The molecule has 9 heteroatoms. The standard InChI is InChI=1S/C18H20F3N5O/c1-3-25-6-8-26(9-7-25)18(27)14-10-15(23-11(2)22-14)24-13-5-4-12(19)16(20)17(13)21/h4-5,10H,3,6-9H2,1-2H3,(H,22,23,24). The van der Waals surface area contributed by atoms with E-state index in [4.69, 9.17) is 0 Å². The minimum atomic E-state index is -1.57. The number of amides is 1. The molecule has 0 bridgehead atoms. The van der Waals surface area contributed by atoms with E-state index in [0.717, 1.165) is 31.8 Å². The number of nitrogens with one attached hydrogen (secondary N) is 1. The van der Waals surface area contributed by atoms with Crippen LogP contribution in [-0.2, 0) is 0 Å². The summed E-state index contributed by atoms with van der Waals surface area (Å²) in [6, 6.07) is 3.26. The molecule has 2 aromatic rings. The lowest BCUT2D eigenvalue weighted by atomic mass is 10.2. The molecule has 0 saturated carbocycles. The van der Waals surface area contributed by atoms with E-state index in [1.165, 1.54) is 6.07 Å². The number of piperazine rings is 1. The number of carbonyl (C=O) groups excluding carboxylic acids is 1. The Hall–Kier alpha value is -2.68. The van der Waals surface area contributed by atoms with Crippen molar-refractivity contribution in [1.29, 1.82) is 0 Å². The second kappa shape index (κ2) is 7.91. The summed E-state index contributed by atoms with van der Waals surface area (Å²) in [5.74, 6) is -4.02. The largest absolute Gasteiger partial charge is 0.338 e. The van der Waals surface area contributed by atoms with Crippen molar-refractivity contribution in [1.82, 2.24) is 19.8 Å². The van der Waals surface area contributed by atoms with E-state index < -0.39 is 17.5 Å². The van der Waals surface area contributed by atoms with E-state index in [0.29, 0.717) is 18.9 Å². The number of hydrogen-bond acceptors (Lipinski definition) is 5. The van der Waals surface area contributed by atoms with Gasteiger partial charge in [-0.3, -0.25) is 4.79 Å². The highest BCUT2D eigenvalue weighted by molar-refractivity contribution is 5.93. The van der Waals surface area contributed by atoms with Gasteiger partial charge in [0.15, 0.2) is 17.5 Å². The van der Waals surface area contributed by atoms with Crippen LogP contribution in [0.15, 0.2) is 18.2 Å². The van der Waals surface area contributed by atoms with Gasteiger partial charge in [0.2, 0.25) is 0 Å². The minimum absolute atomic E-state index is 0.128. The maximum atomic E-state index is 13.9. The summed E-state index contributed by atoms with van der Waals surface area (Å²) < 4.78 is 40.3. The molecule has 1 aliphatic heterocycles. The number of halogens is 3. The normalized spacial score (nSPS) is 15.1. The Bertz CT molecular complexity index is 853. The van der Waals surface area contributed by atoms with Crippen molar-refractivity contribution in [2.24, 2.45) is 0 Å². The molecule has 0 aliphatic carbocycles. The first kappa shape index (κ1) is 19.1. The first-order valence-electron chi connectivity index (χ1n) is 8.67. The van der Waals surface area contributed by atoms with Crippen molar-refractivity contribution in [2.75, 3.05) is 38.0 Å². The summed E-state index contributed by atoms with van der Waals surface area (Å²) in [4.78, 5) is 24.9.